The van der Waals surface area contributed by atoms with E-state index in [2.05, 4.69) is 16.0 Å². The van der Waals surface area contributed by atoms with Crippen LogP contribution in [0.3, 0.4) is 0 Å². The molecule has 2 unspecified atom stereocenters. The molecule has 1 fully saturated rings. The number of halogens is 1. The summed E-state index contributed by atoms with van der Waals surface area (Å²) in [6, 6.07) is 22.4. The molecule has 1 saturated heterocycles. The van der Waals surface area contributed by atoms with Crippen LogP contribution in [0.2, 0.25) is 0 Å². The molecule has 3 aromatic carbocycles. The van der Waals surface area contributed by atoms with Gasteiger partial charge in [-0.15, -0.1) is 12.4 Å². The summed E-state index contributed by atoms with van der Waals surface area (Å²) < 4.78 is 0. The molecule has 0 aromatic heterocycles. The molecular weight excluding hydrogens is 552 g/mol. The van der Waals surface area contributed by atoms with Crippen LogP contribution in [0.5, 0.6) is 0 Å². The Kier molecular flexibility index (Phi) is 11.9. The van der Waals surface area contributed by atoms with E-state index in [1.54, 1.807) is 4.90 Å². The molecule has 1 aliphatic heterocycles. The third-order valence-electron chi connectivity index (χ3n) is 7.41. The average Bonchev–Trinajstić information content (AvgIpc) is 3.45. The number of nitrogens with one attached hydrogen (secondary N) is 3. The zero-order valence-corrected chi connectivity index (χ0v) is 25.5. The second-order valence-corrected chi connectivity index (χ2v) is 11.9. The van der Waals surface area contributed by atoms with Crippen molar-refractivity contribution in [2.45, 2.75) is 64.8 Å². The van der Waals surface area contributed by atoms with E-state index >= 15 is 0 Å². The van der Waals surface area contributed by atoms with Gasteiger partial charge in [0.25, 0.3) is 0 Å². The van der Waals surface area contributed by atoms with Crippen LogP contribution in [0.15, 0.2) is 72.8 Å². The van der Waals surface area contributed by atoms with Crippen LogP contribution in [-0.2, 0) is 27.3 Å². The molecule has 9 heteroatoms. The molecule has 4 rings (SSSR count). The van der Waals surface area contributed by atoms with Crippen molar-refractivity contribution in [1.82, 2.24) is 20.9 Å². The van der Waals surface area contributed by atoms with Gasteiger partial charge >= 0.3 is 0 Å². The van der Waals surface area contributed by atoms with Crippen LogP contribution in [-0.4, -0.2) is 65.5 Å². The number of aliphatic hydroxyl groups excluding tert-OH is 1. The molecular formula is C33H43ClN4O4. The van der Waals surface area contributed by atoms with Gasteiger partial charge < -0.3 is 26.0 Å². The smallest absolute Gasteiger partial charge is 0.243 e. The lowest BCUT2D eigenvalue weighted by Crippen LogP contribution is -2.55. The lowest BCUT2D eigenvalue weighted by Gasteiger charge is -2.31. The molecule has 0 bridgehead atoms. The maximum absolute atomic E-state index is 13.5. The Bertz CT molecular complexity index is 1340. The summed E-state index contributed by atoms with van der Waals surface area (Å²) in [7, 11) is 0. The minimum Gasteiger partial charge on any atom is -0.390 e. The summed E-state index contributed by atoms with van der Waals surface area (Å²) in [5.41, 5.74) is 1.41. The Morgan fingerprint density at radius 2 is 1.62 bits per heavy atom. The summed E-state index contributed by atoms with van der Waals surface area (Å²) >= 11 is 0. The van der Waals surface area contributed by atoms with Crippen LogP contribution in [0.4, 0.5) is 0 Å². The van der Waals surface area contributed by atoms with Crippen molar-refractivity contribution >= 4 is 40.9 Å². The van der Waals surface area contributed by atoms with Crippen molar-refractivity contribution < 1.29 is 19.5 Å². The lowest BCUT2D eigenvalue weighted by atomic mass is 9.94. The quantitative estimate of drug-likeness (QED) is 0.271. The van der Waals surface area contributed by atoms with Crippen molar-refractivity contribution in [2.75, 3.05) is 19.6 Å². The zero-order valence-electron chi connectivity index (χ0n) is 24.6. The molecule has 0 radical (unpaired) electrons. The third-order valence-corrected chi connectivity index (χ3v) is 7.41. The molecule has 226 valence electrons. The minimum absolute atomic E-state index is 0. The van der Waals surface area contributed by atoms with E-state index in [1.807, 2.05) is 93.6 Å². The molecule has 3 atom stereocenters. The number of nitrogens with zero attached hydrogens (tertiary/aromatic N) is 1. The number of rotatable bonds is 11. The highest BCUT2D eigenvalue weighted by atomic mass is 35.5. The van der Waals surface area contributed by atoms with Gasteiger partial charge in [-0.2, -0.15) is 0 Å². The van der Waals surface area contributed by atoms with Crippen LogP contribution >= 0.6 is 12.4 Å². The van der Waals surface area contributed by atoms with Gasteiger partial charge in [-0.05, 0) is 34.7 Å². The Hall–Kier alpha value is -3.46. The second kappa shape index (κ2) is 15.1. The van der Waals surface area contributed by atoms with E-state index in [-0.39, 0.29) is 43.1 Å². The predicted molar refractivity (Wildman–Crippen MR) is 168 cm³/mol. The SMILES string of the molecule is CC(C)(C)C(=O)N1CCCC1C(=O)N[C@H](Cc1ccc2ccccc2c1)C(=O)NCC(O)CNCc1ccccc1.Cl. The molecule has 1 heterocycles. The Morgan fingerprint density at radius 3 is 2.33 bits per heavy atom. The van der Waals surface area contributed by atoms with Crippen molar-refractivity contribution in [3.63, 3.8) is 0 Å². The van der Waals surface area contributed by atoms with E-state index < -0.39 is 23.6 Å². The van der Waals surface area contributed by atoms with Gasteiger partial charge in [0.05, 0.1) is 6.10 Å². The van der Waals surface area contributed by atoms with Crippen LogP contribution in [0.1, 0.15) is 44.7 Å². The number of aliphatic hydroxyl groups is 1. The number of likely N-dealkylation sites (tertiary alicyclic amines) is 1. The van der Waals surface area contributed by atoms with Gasteiger partial charge in [0.1, 0.15) is 12.1 Å². The van der Waals surface area contributed by atoms with Gasteiger partial charge in [-0.3, -0.25) is 14.4 Å². The molecule has 3 aromatic rings. The Balaban J connectivity index is 0.00000484. The highest BCUT2D eigenvalue weighted by Crippen LogP contribution is 2.26. The molecule has 1 aliphatic rings. The topological polar surface area (TPSA) is 111 Å². The van der Waals surface area contributed by atoms with Crippen molar-refractivity contribution in [2.24, 2.45) is 5.41 Å². The number of carbonyl (C=O) groups excluding carboxylic acids is 3. The largest absolute Gasteiger partial charge is 0.390 e. The zero-order chi connectivity index (χ0) is 29.4. The van der Waals surface area contributed by atoms with Crippen LogP contribution < -0.4 is 16.0 Å². The van der Waals surface area contributed by atoms with E-state index in [9.17, 15) is 19.5 Å². The highest BCUT2D eigenvalue weighted by Gasteiger charge is 2.39. The maximum atomic E-state index is 13.5. The van der Waals surface area contributed by atoms with Crippen LogP contribution in [0, 0.1) is 5.41 Å². The average molecular weight is 595 g/mol. The lowest BCUT2D eigenvalue weighted by molar-refractivity contribution is -0.145. The van der Waals surface area contributed by atoms with E-state index in [1.165, 1.54) is 0 Å². The standard InChI is InChI=1S/C33H42N4O4.ClH/c1-33(2,3)32(41)37-17-9-14-29(37)31(40)36-28(19-24-15-16-25-12-7-8-13-26(25)18-24)30(39)35-22-27(38)21-34-20-23-10-5-4-6-11-23;/h4-8,10-13,15-16,18,27-29,34,38H,9,14,17,19-22H2,1-3H3,(H,35,39)(H,36,40);1H/t27?,28-,29?;/m1./s1. The monoisotopic (exact) mass is 594 g/mol. The van der Waals surface area contributed by atoms with Crippen molar-refractivity contribution in [3.8, 4) is 0 Å². The first-order valence-electron chi connectivity index (χ1n) is 14.4. The number of fused-ring (bicyclic) bond motifs is 1. The molecule has 0 saturated carbocycles. The first-order chi connectivity index (χ1) is 19.6. The highest BCUT2D eigenvalue weighted by molar-refractivity contribution is 5.93. The summed E-state index contributed by atoms with van der Waals surface area (Å²) in [5.74, 6) is -0.775. The maximum Gasteiger partial charge on any atom is 0.243 e. The molecule has 4 N–H and O–H groups in total. The first-order valence-corrected chi connectivity index (χ1v) is 14.4. The number of benzene rings is 3. The third kappa shape index (κ3) is 9.02. The van der Waals surface area contributed by atoms with Gasteiger partial charge in [-0.25, -0.2) is 0 Å². The van der Waals surface area contributed by atoms with E-state index in [0.717, 1.165) is 28.3 Å². The molecule has 42 heavy (non-hydrogen) atoms. The van der Waals surface area contributed by atoms with Crippen LogP contribution in [0.25, 0.3) is 10.8 Å². The van der Waals surface area contributed by atoms with E-state index in [4.69, 9.17) is 0 Å². The molecule has 0 aliphatic carbocycles. The van der Waals surface area contributed by atoms with E-state index in [0.29, 0.717) is 26.1 Å². The van der Waals surface area contributed by atoms with Gasteiger partial charge in [0.2, 0.25) is 17.7 Å². The summed E-state index contributed by atoms with van der Waals surface area (Å²) in [6.45, 7) is 7.02. The van der Waals surface area contributed by atoms with Gasteiger partial charge in [0.15, 0.2) is 0 Å². The summed E-state index contributed by atoms with van der Waals surface area (Å²) in [5, 5.41) is 21.6. The summed E-state index contributed by atoms with van der Waals surface area (Å²) in [4.78, 5) is 41.5. The first kappa shape index (κ1) is 33.0. The normalized spacial score (nSPS) is 16.4. The van der Waals surface area contributed by atoms with Gasteiger partial charge in [-0.1, -0.05) is 93.6 Å². The number of hydrogen-bond acceptors (Lipinski definition) is 5. The number of carbonyl (C=O) groups is 3. The molecule has 0 spiro atoms. The Morgan fingerprint density at radius 1 is 0.929 bits per heavy atom. The fourth-order valence-corrected chi connectivity index (χ4v) is 5.18. The predicted octanol–water partition coefficient (Wildman–Crippen LogP) is 3.59. The van der Waals surface area contributed by atoms with Crippen molar-refractivity contribution in [1.29, 1.82) is 0 Å². The Labute approximate surface area is 254 Å². The fourth-order valence-electron chi connectivity index (χ4n) is 5.18. The number of amides is 3. The number of hydrogen-bond donors (Lipinski definition) is 4. The molecule has 3 amide bonds. The minimum atomic E-state index is -0.861. The fraction of sp³-hybridized carbons (Fsp3) is 0.424. The molecule has 8 nitrogen and oxygen atoms in total. The summed E-state index contributed by atoms with van der Waals surface area (Å²) in [6.07, 6.45) is 0.785. The van der Waals surface area contributed by atoms with Crippen molar-refractivity contribution in [3.05, 3.63) is 83.9 Å². The second-order valence-electron chi connectivity index (χ2n) is 11.9. The van der Waals surface area contributed by atoms with Gasteiger partial charge in [0, 0.05) is 38.0 Å².